The quantitative estimate of drug-likeness (QED) is 0.670. The van der Waals surface area contributed by atoms with Crippen molar-refractivity contribution in [2.24, 2.45) is 17.3 Å². The van der Waals surface area contributed by atoms with Crippen LogP contribution in [0.2, 0.25) is 0 Å². The fraction of sp³-hybridized carbons (Fsp3) is 0.923. The lowest BCUT2D eigenvalue weighted by atomic mass is 9.68. The molecule has 1 saturated heterocycles. The van der Waals surface area contributed by atoms with Crippen molar-refractivity contribution >= 4 is 5.97 Å². The average molecular weight is 212 g/mol. The molecule has 2 nitrogen and oxygen atoms in total. The molecule has 1 rings (SSSR count). The molecule has 0 aliphatic carbocycles. The fourth-order valence-electron chi connectivity index (χ4n) is 2.48. The zero-order valence-corrected chi connectivity index (χ0v) is 10.7. The first-order valence-corrected chi connectivity index (χ1v) is 6.11. The largest absolute Gasteiger partial charge is 0.462 e. The van der Waals surface area contributed by atoms with Crippen molar-refractivity contribution in [1.29, 1.82) is 0 Å². The summed E-state index contributed by atoms with van der Waals surface area (Å²) in [5.41, 5.74) is -0.262. The molecule has 1 heterocycles. The van der Waals surface area contributed by atoms with E-state index in [1.54, 1.807) is 0 Å². The maximum atomic E-state index is 12.0. The normalized spacial score (nSPS) is 38.6. The predicted octanol–water partition coefficient (Wildman–Crippen LogP) is 3.40. The average Bonchev–Trinajstić information content (AvgIpc) is 2.14. The van der Waals surface area contributed by atoms with Crippen LogP contribution in [0.1, 0.15) is 53.9 Å². The van der Waals surface area contributed by atoms with Crippen molar-refractivity contribution < 1.29 is 9.53 Å². The Balaban J connectivity index is 2.76. The summed E-state index contributed by atoms with van der Waals surface area (Å²) in [6.07, 6.45) is 3.18. The van der Waals surface area contributed by atoms with E-state index >= 15 is 0 Å². The highest BCUT2D eigenvalue weighted by Gasteiger charge is 2.45. The first kappa shape index (κ1) is 12.5. The molecule has 0 aromatic heterocycles. The van der Waals surface area contributed by atoms with Gasteiger partial charge in [0.25, 0.3) is 0 Å². The minimum Gasteiger partial charge on any atom is -0.462 e. The van der Waals surface area contributed by atoms with Crippen LogP contribution in [0.25, 0.3) is 0 Å². The molecule has 2 heteroatoms. The Morgan fingerprint density at radius 1 is 1.53 bits per heavy atom. The molecule has 0 amide bonds. The molecule has 2 unspecified atom stereocenters. The van der Waals surface area contributed by atoms with E-state index < -0.39 is 0 Å². The second-order valence-electron chi connectivity index (χ2n) is 5.49. The van der Waals surface area contributed by atoms with Crippen molar-refractivity contribution in [3.05, 3.63) is 0 Å². The SMILES string of the molecule is CCC(C)C[C@@]1(C)C(=O)OC(C)C[C@@H]1C. The Morgan fingerprint density at radius 3 is 2.60 bits per heavy atom. The Morgan fingerprint density at radius 2 is 2.13 bits per heavy atom. The summed E-state index contributed by atoms with van der Waals surface area (Å²) < 4.78 is 5.38. The summed E-state index contributed by atoms with van der Waals surface area (Å²) in [6.45, 7) is 10.6. The summed E-state index contributed by atoms with van der Waals surface area (Å²) >= 11 is 0. The molecule has 0 N–H and O–H groups in total. The second-order valence-corrected chi connectivity index (χ2v) is 5.49. The molecule has 0 aromatic carbocycles. The van der Waals surface area contributed by atoms with Crippen molar-refractivity contribution in [1.82, 2.24) is 0 Å². The van der Waals surface area contributed by atoms with Crippen LogP contribution in [0.5, 0.6) is 0 Å². The van der Waals surface area contributed by atoms with Crippen LogP contribution >= 0.6 is 0 Å². The molecule has 1 aliphatic heterocycles. The number of hydrogen-bond donors (Lipinski definition) is 0. The minimum absolute atomic E-state index is 0.00838. The Kier molecular flexibility index (Phi) is 3.80. The van der Waals surface area contributed by atoms with Crippen LogP contribution in [-0.2, 0) is 9.53 Å². The van der Waals surface area contributed by atoms with E-state index in [2.05, 4.69) is 27.7 Å². The van der Waals surface area contributed by atoms with Crippen LogP contribution in [-0.4, -0.2) is 12.1 Å². The lowest BCUT2D eigenvalue weighted by molar-refractivity contribution is -0.175. The van der Waals surface area contributed by atoms with E-state index in [9.17, 15) is 4.79 Å². The molecule has 0 saturated carbocycles. The highest BCUT2D eigenvalue weighted by atomic mass is 16.5. The molecule has 0 bridgehead atoms. The highest BCUT2D eigenvalue weighted by Crippen LogP contribution is 2.42. The first-order valence-electron chi connectivity index (χ1n) is 6.11. The number of hydrogen-bond acceptors (Lipinski definition) is 2. The predicted molar refractivity (Wildman–Crippen MR) is 61.5 cm³/mol. The molecule has 88 valence electrons. The monoisotopic (exact) mass is 212 g/mol. The summed E-state index contributed by atoms with van der Waals surface area (Å²) in [4.78, 5) is 12.0. The standard InChI is InChI=1S/C13H24O2/c1-6-9(2)8-13(5)10(3)7-11(4)15-12(13)14/h9-11H,6-8H2,1-5H3/t9?,10-,11?,13+/m0/s1. The maximum absolute atomic E-state index is 12.0. The van der Waals surface area contributed by atoms with Crippen LogP contribution in [0.15, 0.2) is 0 Å². The molecule has 1 fully saturated rings. The number of carbonyl (C=O) groups excluding carboxylic acids is 1. The Labute approximate surface area is 93.4 Å². The summed E-state index contributed by atoms with van der Waals surface area (Å²) in [5, 5.41) is 0. The number of cyclic esters (lactones) is 1. The van der Waals surface area contributed by atoms with Gasteiger partial charge in [0.15, 0.2) is 0 Å². The molecule has 4 atom stereocenters. The van der Waals surface area contributed by atoms with Gasteiger partial charge in [0, 0.05) is 0 Å². The van der Waals surface area contributed by atoms with E-state index in [1.165, 1.54) is 0 Å². The van der Waals surface area contributed by atoms with Gasteiger partial charge >= 0.3 is 5.97 Å². The molecular weight excluding hydrogens is 188 g/mol. The highest BCUT2D eigenvalue weighted by molar-refractivity contribution is 5.77. The van der Waals surface area contributed by atoms with E-state index in [1.807, 2.05) is 6.92 Å². The smallest absolute Gasteiger partial charge is 0.312 e. The van der Waals surface area contributed by atoms with Gasteiger partial charge < -0.3 is 4.74 Å². The third-order valence-corrected chi connectivity index (χ3v) is 4.02. The lowest BCUT2D eigenvalue weighted by Crippen LogP contribution is -2.45. The second kappa shape index (κ2) is 4.54. The van der Waals surface area contributed by atoms with Gasteiger partial charge in [0.05, 0.1) is 11.5 Å². The summed E-state index contributed by atoms with van der Waals surface area (Å²) in [5.74, 6) is 1.04. The number of carbonyl (C=O) groups is 1. The van der Waals surface area contributed by atoms with Crippen molar-refractivity contribution in [2.45, 2.75) is 60.0 Å². The van der Waals surface area contributed by atoms with Gasteiger partial charge in [-0.15, -0.1) is 0 Å². The Hall–Kier alpha value is -0.530. The van der Waals surface area contributed by atoms with Crippen LogP contribution in [0.3, 0.4) is 0 Å². The molecule has 1 aliphatic rings. The topological polar surface area (TPSA) is 26.3 Å². The van der Waals surface area contributed by atoms with Crippen LogP contribution in [0, 0.1) is 17.3 Å². The zero-order valence-electron chi connectivity index (χ0n) is 10.7. The van der Waals surface area contributed by atoms with Gasteiger partial charge in [-0.25, -0.2) is 0 Å². The van der Waals surface area contributed by atoms with E-state index in [4.69, 9.17) is 4.74 Å². The third kappa shape index (κ3) is 2.53. The summed E-state index contributed by atoms with van der Waals surface area (Å²) in [7, 11) is 0. The maximum Gasteiger partial charge on any atom is 0.312 e. The summed E-state index contributed by atoms with van der Waals surface area (Å²) in [6, 6.07) is 0. The van der Waals surface area contributed by atoms with Gasteiger partial charge in [-0.1, -0.05) is 27.2 Å². The van der Waals surface area contributed by atoms with E-state index in [-0.39, 0.29) is 17.5 Å². The van der Waals surface area contributed by atoms with Gasteiger partial charge in [-0.2, -0.15) is 0 Å². The molecule has 15 heavy (non-hydrogen) atoms. The van der Waals surface area contributed by atoms with Gasteiger partial charge in [-0.05, 0) is 38.5 Å². The van der Waals surface area contributed by atoms with E-state index in [0.717, 1.165) is 19.3 Å². The van der Waals surface area contributed by atoms with Gasteiger partial charge in [-0.3, -0.25) is 4.79 Å². The third-order valence-electron chi connectivity index (χ3n) is 4.02. The lowest BCUT2D eigenvalue weighted by Gasteiger charge is -2.41. The minimum atomic E-state index is -0.262. The molecule has 0 spiro atoms. The fourth-order valence-corrected chi connectivity index (χ4v) is 2.48. The van der Waals surface area contributed by atoms with E-state index in [0.29, 0.717) is 11.8 Å². The molecule has 0 radical (unpaired) electrons. The Bertz CT molecular complexity index is 237. The van der Waals surface area contributed by atoms with Gasteiger partial charge in [0.1, 0.15) is 0 Å². The first-order chi connectivity index (χ1) is 6.90. The van der Waals surface area contributed by atoms with Crippen molar-refractivity contribution in [3.8, 4) is 0 Å². The molecule has 0 aromatic rings. The molecular formula is C13H24O2. The number of ether oxygens (including phenoxy) is 1. The number of esters is 1. The van der Waals surface area contributed by atoms with Crippen LogP contribution in [0.4, 0.5) is 0 Å². The van der Waals surface area contributed by atoms with Crippen molar-refractivity contribution in [2.75, 3.05) is 0 Å². The van der Waals surface area contributed by atoms with Gasteiger partial charge in [0.2, 0.25) is 0 Å². The zero-order chi connectivity index (χ0) is 11.6. The van der Waals surface area contributed by atoms with Crippen LogP contribution < -0.4 is 0 Å². The van der Waals surface area contributed by atoms with Crippen molar-refractivity contribution in [3.63, 3.8) is 0 Å². The number of rotatable bonds is 3.